The lowest BCUT2D eigenvalue weighted by molar-refractivity contribution is -0.121. The van der Waals surface area contributed by atoms with Crippen molar-refractivity contribution < 1.29 is 9.53 Å². The van der Waals surface area contributed by atoms with E-state index in [2.05, 4.69) is 20.8 Å². The molecule has 0 unspecified atom stereocenters. The average molecular weight is 215 g/mol. The highest BCUT2D eigenvalue weighted by Crippen LogP contribution is 2.24. The van der Waals surface area contributed by atoms with E-state index >= 15 is 0 Å². The molecule has 0 aromatic rings. The molecular weight excluding hydrogens is 190 g/mol. The highest BCUT2D eigenvalue weighted by atomic mass is 16.5. The standard InChI is InChI=1S/C12H25NO2/c1-6-11(2,3)8-15-9-12(4,5)7-10(13)14/h6-9H2,1-5H3,(H2,13,14). The number of carbonyl (C=O) groups is 1. The molecular formula is C12H25NO2. The molecule has 0 aromatic heterocycles. The molecule has 90 valence electrons. The number of primary amides is 1. The number of carbonyl (C=O) groups excluding carboxylic acids is 1. The first-order valence-electron chi connectivity index (χ1n) is 5.55. The fourth-order valence-electron chi connectivity index (χ4n) is 1.23. The summed E-state index contributed by atoms with van der Waals surface area (Å²) in [4.78, 5) is 10.8. The predicted molar refractivity (Wildman–Crippen MR) is 62.5 cm³/mol. The van der Waals surface area contributed by atoms with Gasteiger partial charge in [0.05, 0.1) is 13.2 Å². The highest BCUT2D eigenvalue weighted by Gasteiger charge is 2.23. The van der Waals surface area contributed by atoms with Gasteiger partial charge in [0.15, 0.2) is 0 Å². The van der Waals surface area contributed by atoms with Crippen molar-refractivity contribution in [2.45, 2.75) is 47.5 Å². The smallest absolute Gasteiger partial charge is 0.218 e. The Morgan fingerprint density at radius 2 is 1.60 bits per heavy atom. The maximum absolute atomic E-state index is 10.8. The fraction of sp³-hybridized carbons (Fsp3) is 0.917. The fourth-order valence-corrected chi connectivity index (χ4v) is 1.23. The molecule has 0 heterocycles. The molecule has 15 heavy (non-hydrogen) atoms. The van der Waals surface area contributed by atoms with E-state index in [1.54, 1.807) is 0 Å². The van der Waals surface area contributed by atoms with Gasteiger partial charge in [0.2, 0.25) is 5.91 Å². The third-order valence-electron chi connectivity index (χ3n) is 2.60. The molecule has 0 fully saturated rings. The normalized spacial score (nSPS) is 12.9. The van der Waals surface area contributed by atoms with Crippen molar-refractivity contribution in [2.24, 2.45) is 16.6 Å². The summed E-state index contributed by atoms with van der Waals surface area (Å²) in [5.41, 5.74) is 5.22. The van der Waals surface area contributed by atoms with Crippen LogP contribution in [-0.2, 0) is 9.53 Å². The van der Waals surface area contributed by atoms with Crippen molar-refractivity contribution >= 4 is 5.91 Å². The first-order chi connectivity index (χ1) is 6.68. The summed E-state index contributed by atoms with van der Waals surface area (Å²) in [6, 6.07) is 0. The summed E-state index contributed by atoms with van der Waals surface area (Å²) in [5.74, 6) is -0.265. The van der Waals surface area contributed by atoms with Crippen LogP contribution < -0.4 is 5.73 Å². The SMILES string of the molecule is CCC(C)(C)COCC(C)(C)CC(N)=O. The minimum absolute atomic E-state index is 0.157. The van der Waals surface area contributed by atoms with Gasteiger partial charge in [-0.3, -0.25) is 4.79 Å². The summed E-state index contributed by atoms with van der Waals surface area (Å²) in [6.45, 7) is 11.8. The van der Waals surface area contributed by atoms with E-state index < -0.39 is 0 Å². The van der Waals surface area contributed by atoms with Gasteiger partial charge >= 0.3 is 0 Å². The average Bonchev–Trinajstić information content (AvgIpc) is 2.00. The summed E-state index contributed by atoms with van der Waals surface area (Å²) < 4.78 is 5.65. The van der Waals surface area contributed by atoms with E-state index in [0.29, 0.717) is 13.0 Å². The summed E-state index contributed by atoms with van der Waals surface area (Å²) >= 11 is 0. The van der Waals surface area contributed by atoms with Crippen LogP contribution in [0.2, 0.25) is 0 Å². The van der Waals surface area contributed by atoms with E-state index in [1.807, 2.05) is 13.8 Å². The summed E-state index contributed by atoms with van der Waals surface area (Å²) in [7, 11) is 0. The molecule has 0 rings (SSSR count). The summed E-state index contributed by atoms with van der Waals surface area (Å²) in [6.07, 6.45) is 1.46. The Morgan fingerprint density at radius 1 is 1.13 bits per heavy atom. The molecule has 0 aromatic carbocycles. The van der Waals surface area contributed by atoms with E-state index in [-0.39, 0.29) is 16.7 Å². The number of ether oxygens (including phenoxy) is 1. The van der Waals surface area contributed by atoms with Gasteiger partial charge < -0.3 is 10.5 Å². The van der Waals surface area contributed by atoms with Crippen LogP contribution in [0, 0.1) is 10.8 Å². The van der Waals surface area contributed by atoms with Crippen LogP contribution in [0.15, 0.2) is 0 Å². The van der Waals surface area contributed by atoms with Gasteiger partial charge in [-0.25, -0.2) is 0 Å². The van der Waals surface area contributed by atoms with Crippen LogP contribution in [0.4, 0.5) is 0 Å². The largest absolute Gasteiger partial charge is 0.380 e. The third kappa shape index (κ3) is 7.37. The number of rotatable bonds is 7. The molecule has 0 bridgehead atoms. The van der Waals surface area contributed by atoms with Gasteiger partial charge in [0.25, 0.3) is 0 Å². The highest BCUT2D eigenvalue weighted by molar-refractivity contribution is 5.74. The predicted octanol–water partition coefficient (Wildman–Crippen LogP) is 2.34. The monoisotopic (exact) mass is 215 g/mol. The molecule has 0 aliphatic carbocycles. The van der Waals surface area contributed by atoms with Gasteiger partial charge in [0, 0.05) is 6.42 Å². The quantitative estimate of drug-likeness (QED) is 0.708. The van der Waals surface area contributed by atoms with Crippen molar-refractivity contribution in [2.75, 3.05) is 13.2 Å². The van der Waals surface area contributed by atoms with Gasteiger partial charge in [-0.1, -0.05) is 34.6 Å². The molecule has 3 heteroatoms. The minimum atomic E-state index is -0.265. The van der Waals surface area contributed by atoms with E-state index in [4.69, 9.17) is 10.5 Å². The van der Waals surface area contributed by atoms with Gasteiger partial charge in [-0.05, 0) is 17.3 Å². The maximum atomic E-state index is 10.8. The molecule has 0 saturated heterocycles. The van der Waals surface area contributed by atoms with Crippen LogP contribution in [0.25, 0.3) is 0 Å². The topological polar surface area (TPSA) is 52.3 Å². The molecule has 0 saturated carbocycles. The number of hydrogen-bond acceptors (Lipinski definition) is 2. The first kappa shape index (κ1) is 14.4. The number of hydrogen-bond donors (Lipinski definition) is 1. The van der Waals surface area contributed by atoms with Crippen molar-refractivity contribution in [1.29, 1.82) is 0 Å². The zero-order valence-corrected chi connectivity index (χ0v) is 10.7. The Hall–Kier alpha value is -0.570. The third-order valence-corrected chi connectivity index (χ3v) is 2.60. The van der Waals surface area contributed by atoms with E-state index in [1.165, 1.54) is 0 Å². The number of nitrogens with two attached hydrogens (primary N) is 1. The molecule has 0 aliphatic rings. The van der Waals surface area contributed by atoms with E-state index in [0.717, 1.165) is 13.0 Å². The lowest BCUT2D eigenvalue weighted by Gasteiger charge is -2.27. The van der Waals surface area contributed by atoms with Gasteiger partial charge in [-0.15, -0.1) is 0 Å². The van der Waals surface area contributed by atoms with Crippen LogP contribution in [-0.4, -0.2) is 19.1 Å². The van der Waals surface area contributed by atoms with Crippen LogP contribution in [0.1, 0.15) is 47.5 Å². The van der Waals surface area contributed by atoms with Crippen LogP contribution in [0.5, 0.6) is 0 Å². The molecule has 0 spiro atoms. The second-order valence-corrected chi connectivity index (χ2v) is 5.82. The molecule has 2 N–H and O–H groups in total. The van der Waals surface area contributed by atoms with Gasteiger partial charge in [-0.2, -0.15) is 0 Å². The zero-order chi connectivity index (χ0) is 12.1. The Balaban J connectivity index is 3.89. The molecule has 3 nitrogen and oxygen atoms in total. The second kappa shape index (κ2) is 5.50. The van der Waals surface area contributed by atoms with Crippen LogP contribution >= 0.6 is 0 Å². The summed E-state index contributed by atoms with van der Waals surface area (Å²) in [5, 5.41) is 0. The van der Waals surface area contributed by atoms with Gasteiger partial charge in [0.1, 0.15) is 0 Å². The van der Waals surface area contributed by atoms with Crippen LogP contribution in [0.3, 0.4) is 0 Å². The number of amides is 1. The molecule has 0 atom stereocenters. The van der Waals surface area contributed by atoms with Crippen molar-refractivity contribution in [1.82, 2.24) is 0 Å². The Kier molecular flexibility index (Phi) is 5.29. The molecule has 0 aliphatic heterocycles. The maximum Gasteiger partial charge on any atom is 0.218 e. The zero-order valence-electron chi connectivity index (χ0n) is 10.7. The molecule has 0 radical (unpaired) electrons. The Bertz CT molecular complexity index is 210. The minimum Gasteiger partial charge on any atom is -0.380 e. The van der Waals surface area contributed by atoms with Crippen molar-refractivity contribution in [3.63, 3.8) is 0 Å². The lowest BCUT2D eigenvalue weighted by Crippen LogP contribution is -2.29. The second-order valence-electron chi connectivity index (χ2n) is 5.82. The van der Waals surface area contributed by atoms with Crippen molar-refractivity contribution in [3.05, 3.63) is 0 Å². The van der Waals surface area contributed by atoms with E-state index in [9.17, 15) is 4.79 Å². The first-order valence-corrected chi connectivity index (χ1v) is 5.55. The molecule has 1 amide bonds. The van der Waals surface area contributed by atoms with Crippen molar-refractivity contribution in [3.8, 4) is 0 Å². The Labute approximate surface area is 93.4 Å². The lowest BCUT2D eigenvalue weighted by atomic mass is 9.89. The Morgan fingerprint density at radius 3 is 2.00 bits per heavy atom.